The number of hydrogen-bond donors (Lipinski definition) is 1. The number of unbranched alkanes of at least 4 members (excludes halogenated alkanes) is 6. The Kier molecular flexibility index (Phi) is 11.8. The topological polar surface area (TPSA) is 60.4 Å². The minimum atomic E-state index is -0.971. The molecule has 1 rings (SSSR count). The number of carboxylic acids is 1. The van der Waals surface area contributed by atoms with E-state index < -0.39 is 5.97 Å². The third-order valence-electron chi connectivity index (χ3n) is 3.36. The van der Waals surface area contributed by atoms with Gasteiger partial charge < -0.3 is 10.2 Å². The summed E-state index contributed by atoms with van der Waals surface area (Å²) < 4.78 is 0. The largest absolute Gasteiger partial charge is 1.00 e. The minimum absolute atomic E-state index is 0. The molecule has 4 heteroatoms. The monoisotopic (exact) mass is 302 g/mol. The Bertz CT molecular complexity index is 405. The molecule has 0 aliphatic heterocycles. The molecule has 0 radical (unpaired) electrons. The molecule has 0 aliphatic carbocycles. The number of hydrogen-bond acceptors (Lipinski definition) is 2. The van der Waals surface area contributed by atoms with Crippen molar-refractivity contribution in [3.63, 3.8) is 0 Å². The van der Waals surface area contributed by atoms with Gasteiger partial charge in [-0.15, -0.1) is 5.75 Å². The first-order chi connectivity index (χ1) is 9.15. The van der Waals surface area contributed by atoms with Crippen LogP contribution in [0.25, 0.3) is 0 Å². The summed E-state index contributed by atoms with van der Waals surface area (Å²) in [4.78, 5) is 10.8. The molecule has 0 amide bonds. The van der Waals surface area contributed by atoms with E-state index in [9.17, 15) is 9.90 Å². The van der Waals surface area contributed by atoms with Crippen LogP contribution < -0.4 is 56.5 Å². The fourth-order valence-electron chi connectivity index (χ4n) is 2.18. The van der Waals surface area contributed by atoms with E-state index in [1.807, 2.05) is 0 Å². The average molecular weight is 302 g/mol. The molecule has 1 aromatic carbocycles. The first-order valence-electron chi connectivity index (χ1n) is 7.18. The zero-order valence-corrected chi connectivity index (χ0v) is 15.8. The van der Waals surface area contributed by atoms with Gasteiger partial charge in [0.2, 0.25) is 0 Å². The molecule has 1 aromatic rings. The molecule has 0 heterocycles. The average Bonchev–Trinajstić information content (AvgIpc) is 2.39. The van der Waals surface area contributed by atoms with Gasteiger partial charge >= 0.3 is 57.4 Å². The SMILES string of the molecule is CCCCCCCCCc1cc(C(=O)O)ccc1[O-].[K+]. The van der Waals surface area contributed by atoms with E-state index in [1.165, 1.54) is 50.3 Å². The van der Waals surface area contributed by atoms with Gasteiger partial charge in [-0.2, -0.15) is 0 Å². The quantitative estimate of drug-likeness (QED) is 0.541. The van der Waals surface area contributed by atoms with Gasteiger partial charge in [-0.3, -0.25) is 0 Å². The summed E-state index contributed by atoms with van der Waals surface area (Å²) in [6.45, 7) is 2.20. The number of carboxylic acid groups (broad SMARTS) is 1. The van der Waals surface area contributed by atoms with Crippen molar-refractivity contribution >= 4 is 5.97 Å². The van der Waals surface area contributed by atoms with E-state index in [2.05, 4.69) is 6.92 Å². The molecule has 0 unspecified atom stereocenters. The second-order valence-electron chi connectivity index (χ2n) is 5.00. The normalized spacial score (nSPS) is 10.1. The van der Waals surface area contributed by atoms with Gasteiger partial charge in [-0.05, 0) is 25.0 Å². The van der Waals surface area contributed by atoms with Gasteiger partial charge in [0.15, 0.2) is 0 Å². The van der Waals surface area contributed by atoms with Crippen LogP contribution in [0.4, 0.5) is 0 Å². The summed E-state index contributed by atoms with van der Waals surface area (Å²) in [5, 5.41) is 20.5. The van der Waals surface area contributed by atoms with Crippen LogP contribution >= 0.6 is 0 Å². The molecule has 0 saturated heterocycles. The summed E-state index contributed by atoms with van der Waals surface area (Å²) in [6.07, 6.45) is 9.06. The molecule has 0 aliphatic rings. The molecule has 0 aromatic heterocycles. The second-order valence-corrected chi connectivity index (χ2v) is 5.00. The van der Waals surface area contributed by atoms with Crippen LogP contribution in [0.3, 0.4) is 0 Å². The first kappa shape index (κ1) is 20.1. The van der Waals surface area contributed by atoms with Crippen LogP contribution in [0.15, 0.2) is 18.2 Å². The predicted octanol–water partition coefficient (Wildman–Crippen LogP) is 0.755. The second kappa shape index (κ2) is 11.8. The number of aryl methyl sites for hydroxylation is 1. The Labute approximate surface area is 164 Å². The van der Waals surface area contributed by atoms with E-state index >= 15 is 0 Å². The molecule has 0 spiro atoms. The zero-order valence-electron chi connectivity index (χ0n) is 12.7. The van der Waals surface area contributed by atoms with E-state index in [-0.39, 0.29) is 62.7 Å². The van der Waals surface area contributed by atoms with E-state index in [0.717, 1.165) is 12.8 Å². The maximum Gasteiger partial charge on any atom is 1.00 e. The summed E-state index contributed by atoms with van der Waals surface area (Å²) in [5.74, 6) is -1.02. The summed E-state index contributed by atoms with van der Waals surface area (Å²) in [6, 6.07) is 4.25. The van der Waals surface area contributed by atoms with Crippen LogP contribution in [-0.2, 0) is 6.42 Å². The van der Waals surface area contributed by atoms with Crippen LogP contribution in [-0.4, -0.2) is 11.1 Å². The minimum Gasteiger partial charge on any atom is -0.872 e. The Hall–Kier alpha value is 0.126. The molecule has 1 N–H and O–H groups in total. The Morgan fingerprint density at radius 1 is 1.10 bits per heavy atom. The Morgan fingerprint density at radius 2 is 1.70 bits per heavy atom. The standard InChI is InChI=1S/C16H24O3.K/c1-2-3-4-5-6-7-8-9-13-12-14(16(18)19)10-11-15(13)17;/h10-12,17H,2-9H2,1H3,(H,18,19);/q;+1/p-1. The van der Waals surface area contributed by atoms with Crippen molar-refractivity contribution in [1.29, 1.82) is 0 Å². The summed E-state index contributed by atoms with van der Waals surface area (Å²) in [7, 11) is 0. The van der Waals surface area contributed by atoms with Crippen molar-refractivity contribution in [3.05, 3.63) is 29.3 Å². The molecular weight excluding hydrogens is 279 g/mol. The van der Waals surface area contributed by atoms with Gasteiger partial charge in [0.25, 0.3) is 0 Å². The molecule has 0 atom stereocenters. The fourth-order valence-corrected chi connectivity index (χ4v) is 2.18. The molecule has 0 saturated carbocycles. The van der Waals surface area contributed by atoms with Gasteiger partial charge in [-0.1, -0.05) is 57.1 Å². The van der Waals surface area contributed by atoms with Crippen molar-refractivity contribution in [2.45, 2.75) is 58.3 Å². The molecule has 3 nitrogen and oxygen atoms in total. The third kappa shape index (κ3) is 7.79. The predicted molar refractivity (Wildman–Crippen MR) is 74.5 cm³/mol. The van der Waals surface area contributed by atoms with Crippen molar-refractivity contribution in [3.8, 4) is 5.75 Å². The molecule has 106 valence electrons. The smallest absolute Gasteiger partial charge is 0.872 e. The molecular formula is C16H23KO3. The van der Waals surface area contributed by atoms with Crippen LogP contribution in [0.1, 0.15) is 67.8 Å². The van der Waals surface area contributed by atoms with Gasteiger partial charge in [0, 0.05) is 0 Å². The van der Waals surface area contributed by atoms with Crippen molar-refractivity contribution < 1.29 is 66.4 Å². The van der Waals surface area contributed by atoms with Gasteiger partial charge in [-0.25, -0.2) is 4.79 Å². The van der Waals surface area contributed by atoms with E-state index in [4.69, 9.17) is 5.11 Å². The maximum atomic E-state index is 11.6. The first-order valence-corrected chi connectivity index (χ1v) is 7.18. The maximum absolute atomic E-state index is 11.6. The van der Waals surface area contributed by atoms with Crippen LogP contribution in [0, 0.1) is 0 Å². The molecule has 0 fully saturated rings. The van der Waals surface area contributed by atoms with E-state index in [1.54, 1.807) is 0 Å². The van der Waals surface area contributed by atoms with Gasteiger partial charge in [0.1, 0.15) is 0 Å². The number of rotatable bonds is 9. The van der Waals surface area contributed by atoms with Gasteiger partial charge in [0.05, 0.1) is 5.56 Å². The third-order valence-corrected chi connectivity index (χ3v) is 3.36. The van der Waals surface area contributed by atoms with Crippen molar-refractivity contribution in [2.24, 2.45) is 0 Å². The van der Waals surface area contributed by atoms with E-state index in [0.29, 0.717) is 12.0 Å². The van der Waals surface area contributed by atoms with Crippen molar-refractivity contribution in [2.75, 3.05) is 0 Å². The Balaban J connectivity index is 0.00000361. The number of carbonyl (C=O) groups is 1. The zero-order chi connectivity index (χ0) is 14.1. The molecule has 0 bridgehead atoms. The van der Waals surface area contributed by atoms with Crippen LogP contribution in [0.5, 0.6) is 5.75 Å². The van der Waals surface area contributed by atoms with Crippen LogP contribution in [0.2, 0.25) is 0 Å². The number of benzene rings is 1. The summed E-state index contributed by atoms with van der Waals surface area (Å²) in [5.41, 5.74) is 0.839. The van der Waals surface area contributed by atoms with Crippen molar-refractivity contribution in [1.82, 2.24) is 0 Å². The summed E-state index contributed by atoms with van der Waals surface area (Å²) >= 11 is 0. The fraction of sp³-hybridized carbons (Fsp3) is 0.562. The Morgan fingerprint density at radius 3 is 2.30 bits per heavy atom. The number of aromatic carboxylic acids is 1. The molecule has 20 heavy (non-hydrogen) atoms.